The summed E-state index contributed by atoms with van der Waals surface area (Å²) in [5.41, 5.74) is -0.658. The van der Waals surface area contributed by atoms with Crippen molar-refractivity contribution >= 4 is 17.5 Å². The van der Waals surface area contributed by atoms with Crippen molar-refractivity contribution in [2.45, 2.75) is 6.42 Å². The van der Waals surface area contributed by atoms with Crippen LogP contribution in [0.15, 0.2) is 23.1 Å². The first-order chi connectivity index (χ1) is 9.58. The molecule has 20 heavy (non-hydrogen) atoms. The molecule has 2 aromatic heterocycles. The minimum atomic E-state index is -1.28. The number of aromatic nitrogens is 3. The first-order valence-corrected chi connectivity index (χ1v) is 5.45. The van der Waals surface area contributed by atoms with Crippen LogP contribution < -0.4 is 5.32 Å². The number of anilines is 1. The van der Waals surface area contributed by atoms with Crippen LogP contribution >= 0.6 is 0 Å². The number of aromatic carboxylic acids is 1. The lowest BCUT2D eigenvalue weighted by molar-refractivity contribution is -0.384. The molecule has 0 aliphatic carbocycles. The number of pyridine rings is 1. The molecule has 0 aliphatic rings. The highest BCUT2D eigenvalue weighted by Gasteiger charge is 2.18. The lowest BCUT2D eigenvalue weighted by Gasteiger charge is -2.05. The van der Waals surface area contributed by atoms with Gasteiger partial charge in [0, 0.05) is 25.2 Å². The Bertz CT molecular complexity index is 627. The summed E-state index contributed by atoms with van der Waals surface area (Å²) >= 11 is 0. The third-order valence-electron chi connectivity index (χ3n) is 2.35. The number of carboxylic acid groups (broad SMARTS) is 1. The van der Waals surface area contributed by atoms with Crippen molar-refractivity contribution in [3.05, 3.63) is 40.2 Å². The van der Waals surface area contributed by atoms with E-state index in [9.17, 15) is 14.9 Å². The summed E-state index contributed by atoms with van der Waals surface area (Å²) in [7, 11) is 0. The molecule has 2 aromatic rings. The van der Waals surface area contributed by atoms with E-state index in [0.29, 0.717) is 12.3 Å². The normalized spacial score (nSPS) is 10.2. The van der Waals surface area contributed by atoms with E-state index in [-0.39, 0.29) is 17.9 Å². The molecule has 0 saturated heterocycles. The topological polar surface area (TPSA) is 144 Å². The summed E-state index contributed by atoms with van der Waals surface area (Å²) < 4.78 is 4.77. The van der Waals surface area contributed by atoms with Gasteiger partial charge >= 0.3 is 11.7 Å². The maximum absolute atomic E-state index is 10.9. The Morgan fingerprint density at radius 1 is 1.50 bits per heavy atom. The monoisotopic (exact) mass is 279 g/mol. The molecule has 0 amide bonds. The number of nitro groups is 1. The van der Waals surface area contributed by atoms with Crippen molar-refractivity contribution < 1.29 is 19.3 Å². The molecule has 0 spiro atoms. The van der Waals surface area contributed by atoms with Crippen LogP contribution in [0.5, 0.6) is 0 Å². The number of carboxylic acids is 1. The Morgan fingerprint density at radius 3 is 2.90 bits per heavy atom. The van der Waals surface area contributed by atoms with Gasteiger partial charge in [-0.1, -0.05) is 5.16 Å². The highest BCUT2D eigenvalue weighted by molar-refractivity contribution is 5.88. The Labute approximate surface area is 111 Å². The third kappa shape index (κ3) is 3.04. The number of nitrogens with zero attached hydrogens (tertiary/aromatic N) is 4. The summed E-state index contributed by atoms with van der Waals surface area (Å²) in [5.74, 6) is -0.917. The Balaban J connectivity index is 2.10. The summed E-state index contributed by atoms with van der Waals surface area (Å²) in [6.45, 7) is 0.280. The van der Waals surface area contributed by atoms with Crippen molar-refractivity contribution in [1.29, 1.82) is 0 Å². The van der Waals surface area contributed by atoms with E-state index in [4.69, 9.17) is 9.63 Å². The molecule has 0 radical (unpaired) electrons. The van der Waals surface area contributed by atoms with E-state index in [2.05, 4.69) is 20.4 Å². The van der Waals surface area contributed by atoms with E-state index in [1.54, 1.807) is 0 Å². The Hall–Kier alpha value is -3.04. The molecule has 10 heteroatoms. The van der Waals surface area contributed by atoms with E-state index in [0.717, 1.165) is 12.3 Å². The Kier molecular flexibility index (Phi) is 3.84. The van der Waals surface area contributed by atoms with E-state index >= 15 is 0 Å². The molecular formula is C10H9N5O5. The molecule has 2 heterocycles. The van der Waals surface area contributed by atoms with Crippen LogP contribution in [-0.4, -0.2) is 37.7 Å². The molecule has 2 rings (SSSR count). The van der Waals surface area contributed by atoms with Gasteiger partial charge in [0.2, 0.25) is 11.7 Å². The van der Waals surface area contributed by atoms with Crippen LogP contribution in [0, 0.1) is 10.1 Å². The van der Waals surface area contributed by atoms with Crippen LogP contribution in [0.25, 0.3) is 0 Å². The SMILES string of the molecule is O=C(O)c1cnc(NCCc2ncno2)c([N+](=O)[O-])c1. The predicted octanol–water partition coefficient (Wildman–Crippen LogP) is 0.726. The maximum Gasteiger partial charge on any atom is 0.337 e. The van der Waals surface area contributed by atoms with Gasteiger partial charge in [-0.3, -0.25) is 10.1 Å². The van der Waals surface area contributed by atoms with Gasteiger partial charge < -0.3 is 14.9 Å². The van der Waals surface area contributed by atoms with Crippen LogP contribution in [-0.2, 0) is 6.42 Å². The maximum atomic E-state index is 10.9. The molecule has 0 bridgehead atoms. The second kappa shape index (κ2) is 5.73. The summed E-state index contributed by atoms with van der Waals surface area (Å²) in [4.78, 5) is 28.5. The summed E-state index contributed by atoms with van der Waals surface area (Å²) in [6.07, 6.45) is 2.65. The molecule has 0 aliphatic heterocycles. The number of rotatable bonds is 6. The molecule has 0 unspecified atom stereocenters. The molecule has 104 valence electrons. The van der Waals surface area contributed by atoms with Crippen LogP contribution in [0.1, 0.15) is 16.2 Å². The van der Waals surface area contributed by atoms with Gasteiger partial charge in [-0.05, 0) is 0 Å². The average molecular weight is 279 g/mol. The predicted molar refractivity (Wildman–Crippen MR) is 64.3 cm³/mol. The van der Waals surface area contributed by atoms with Crippen LogP contribution in [0.2, 0.25) is 0 Å². The molecular weight excluding hydrogens is 270 g/mol. The van der Waals surface area contributed by atoms with Crippen molar-refractivity contribution in [2.75, 3.05) is 11.9 Å². The largest absolute Gasteiger partial charge is 0.478 e. The number of hydrogen-bond donors (Lipinski definition) is 2. The van der Waals surface area contributed by atoms with Gasteiger partial charge in [-0.25, -0.2) is 9.78 Å². The fourth-order valence-electron chi connectivity index (χ4n) is 1.44. The smallest absolute Gasteiger partial charge is 0.337 e. The first kappa shape index (κ1) is 13.4. The van der Waals surface area contributed by atoms with Crippen molar-refractivity contribution in [2.24, 2.45) is 0 Å². The highest BCUT2D eigenvalue weighted by Crippen LogP contribution is 2.22. The Morgan fingerprint density at radius 2 is 2.30 bits per heavy atom. The number of nitrogens with one attached hydrogen (secondary N) is 1. The molecule has 0 fully saturated rings. The number of hydrogen-bond acceptors (Lipinski definition) is 8. The van der Waals surface area contributed by atoms with Crippen molar-refractivity contribution in [3.8, 4) is 0 Å². The third-order valence-corrected chi connectivity index (χ3v) is 2.35. The standard InChI is InChI=1S/C10H9N5O5/c16-10(17)6-3-7(15(18)19)9(12-4-6)11-2-1-8-13-5-14-20-8/h3-5H,1-2H2,(H,11,12)(H,16,17). The van der Waals surface area contributed by atoms with Gasteiger partial charge in [-0.2, -0.15) is 4.98 Å². The molecule has 0 atom stereocenters. The second-order valence-corrected chi connectivity index (χ2v) is 3.67. The van der Waals surface area contributed by atoms with Gasteiger partial charge in [0.05, 0.1) is 10.5 Å². The van der Waals surface area contributed by atoms with Crippen molar-refractivity contribution in [1.82, 2.24) is 15.1 Å². The zero-order valence-corrected chi connectivity index (χ0v) is 10.0. The van der Waals surface area contributed by atoms with Crippen LogP contribution in [0.3, 0.4) is 0 Å². The summed E-state index contributed by atoms with van der Waals surface area (Å²) in [6, 6.07) is 0.949. The number of carbonyl (C=O) groups is 1. The van der Waals surface area contributed by atoms with Crippen molar-refractivity contribution in [3.63, 3.8) is 0 Å². The van der Waals surface area contributed by atoms with Gasteiger partial charge in [0.25, 0.3) is 0 Å². The van der Waals surface area contributed by atoms with E-state index in [1.807, 2.05) is 0 Å². The second-order valence-electron chi connectivity index (χ2n) is 3.67. The lowest BCUT2D eigenvalue weighted by atomic mass is 10.2. The molecule has 2 N–H and O–H groups in total. The molecule has 0 aromatic carbocycles. The van der Waals surface area contributed by atoms with Gasteiger partial charge in [-0.15, -0.1) is 0 Å². The molecule has 0 saturated carbocycles. The quantitative estimate of drug-likeness (QED) is 0.577. The minimum Gasteiger partial charge on any atom is -0.478 e. The fourth-order valence-corrected chi connectivity index (χ4v) is 1.44. The van der Waals surface area contributed by atoms with Gasteiger partial charge in [0.1, 0.15) is 0 Å². The lowest BCUT2D eigenvalue weighted by Crippen LogP contribution is -2.10. The first-order valence-electron chi connectivity index (χ1n) is 5.45. The zero-order valence-electron chi connectivity index (χ0n) is 10.0. The van der Waals surface area contributed by atoms with E-state index in [1.165, 1.54) is 6.33 Å². The minimum absolute atomic E-state index is 0.0143. The fraction of sp³-hybridized carbons (Fsp3) is 0.200. The van der Waals surface area contributed by atoms with Gasteiger partial charge in [0.15, 0.2) is 6.33 Å². The van der Waals surface area contributed by atoms with Crippen LogP contribution in [0.4, 0.5) is 11.5 Å². The average Bonchev–Trinajstić information content (AvgIpc) is 2.91. The summed E-state index contributed by atoms with van der Waals surface area (Å²) in [5, 5.41) is 25.8. The van der Waals surface area contributed by atoms with E-state index < -0.39 is 16.6 Å². The zero-order chi connectivity index (χ0) is 14.5. The highest BCUT2D eigenvalue weighted by atomic mass is 16.6. The molecule has 10 nitrogen and oxygen atoms in total.